The van der Waals surface area contributed by atoms with Crippen LogP contribution in [0.1, 0.15) is 27.7 Å². The molecule has 64 valence electrons. The van der Waals surface area contributed by atoms with Crippen LogP contribution in [0.4, 0.5) is 0 Å². The van der Waals surface area contributed by atoms with Crippen LogP contribution in [0.5, 0.6) is 0 Å². The zero-order valence-electron chi connectivity index (χ0n) is 8.02. The summed E-state index contributed by atoms with van der Waals surface area (Å²) in [6, 6.07) is 0.565. The van der Waals surface area contributed by atoms with Crippen molar-refractivity contribution in [2.75, 3.05) is 6.54 Å². The maximum Gasteiger partial charge on any atom is 0.0204 e. The lowest BCUT2D eigenvalue weighted by atomic mass is 10.2. The Kier molecular flexibility index (Phi) is 5.86. The molecule has 0 heterocycles. The second-order valence-corrected chi connectivity index (χ2v) is 2.90. The van der Waals surface area contributed by atoms with Gasteiger partial charge in [-0.1, -0.05) is 32.1 Å². The highest BCUT2D eigenvalue weighted by atomic mass is 14.9. The molecule has 0 aromatic carbocycles. The smallest absolute Gasteiger partial charge is 0.0204 e. The molecule has 0 saturated heterocycles. The maximum absolute atomic E-state index is 3.36. The molecular weight excluding hydrogens is 134 g/mol. The van der Waals surface area contributed by atoms with Gasteiger partial charge in [-0.15, -0.1) is 0 Å². The zero-order valence-corrected chi connectivity index (χ0v) is 8.02. The van der Waals surface area contributed by atoms with Crippen LogP contribution in [0, 0.1) is 0 Å². The van der Waals surface area contributed by atoms with E-state index in [9.17, 15) is 0 Å². The Morgan fingerprint density at radius 3 is 2.36 bits per heavy atom. The van der Waals surface area contributed by atoms with Crippen molar-refractivity contribution < 1.29 is 0 Å². The third-order valence-electron chi connectivity index (χ3n) is 1.47. The lowest BCUT2D eigenvalue weighted by molar-refractivity contribution is 0.625. The number of rotatable bonds is 4. The first-order valence-corrected chi connectivity index (χ1v) is 4.22. The molecule has 0 aromatic heterocycles. The molecule has 0 aliphatic carbocycles. The lowest BCUT2D eigenvalue weighted by Gasteiger charge is -2.07. The van der Waals surface area contributed by atoms with Crippen LogP contribution in [0.2, 0.25) is 0 Å². The monoisotopic (exact) mass is 153 g/mol. The van der Waals surface area contributed by atoms with Crippen LogP contribution in [-0.2, 0) is 0 Å². The van der Waals surface area contributed by atoms with Gasteiger partial charge in [0.05, 0.1) is 0 Å². The molecule has 0 spiro atoms. The van der Waals surface area contributed by atoms with Crippen molar-refractivity contribution in [1.29, 1.82) is 0 Å². The third kappa shape index (κ3) is 5.86. The average molecular weight is 153 g/mol. The Morgan fingerprint density at radius 2 is 2.00 bits per heavy atom. The lowest BCUT2D eigenvalue weighted by Crippen LogP contribution is -2.24. The molecular formula is C10H19N. The first-order valence-electron chi connectivity index (χ1n) is 4.22. The molecule has 1 nitrogen and oxygen atoms in total. The molecule has 0 rings (SSSR count). The Morgan fingerprint density at radius 1 is 1.36 bits per heavy atom. The Labute approximate surface area is 70.2 Å². The minimum Gasteiger partial charge on any atom is -0.310 e. The van der Waals surface area contributed by atoms with Crippen molar-refractivity contribution >= 4 is 0 Å². The van der Waals surface area contributed by atoms with E-state index in [1.165, 1.54) is 5.57 Å². The van der Waals surface area contributed by atoms with Gasteiger partial charge in [0.25, 0.3) is 0 Å². The van der Waals surface area contributed by atoms with Gasteiger partial charge in [-0.05, 0) is 19.4 Å². The highest BCUT2D eigenvalue weighted by molar-refractivity contribution is 5.18. The summed E-state index contributed by atoms with van der Waals surface area (Å²) in [4.78, 5) is 0. The molecule has 11 heavy (non-hydrogen) atoms. The number of hydrogen-bond acceptors (Lipinski definition) is 1. The highest BCUT2D eigenvalue weighted by Gasteiger charge is 1.92. The number of hydrogen-bond donors (Lipinski definition) is 1. The number of nitrogens with one attached hydrogen (secondary N) is 1. The molecule has 0 atom stereocenters. The Bertz CT molecular complexity index is 143. The molecule has 0 fully saturated rings. The molecule has 0 radical (unpaired) electrons. The van der Waals surface area contributed by atoms with E-state index < -0.39 is 0 Å². The summed E-state index contributed by atoms with van der Waals surface area (Å²) >= 11 is 0. The van der Waals surface area contributed by atoms with E-state index in [0.29, 0.717) is 6.04 Å². The van der Waals surface area contributed by atoms with Crippen molar-refractivity contribution in [1.82, 2.24) is 5.32 Å². The van der Waals surface area contributed by atoms with E-state index in [-0.39, 0.29) is 0 Å². The van der Waals surface area contributed by atoms with Crippen LogP contribution < -0.4 is 5.32 Å². The second-order valence-electron chi connectivity index (χ2n) is 2.90. The van der Waals surface area contributed by atoms with E-state index in [4.69, 9.17) is 0 Å². The molecule has 0 aliphatic heterocycles. The summed E-state index contributed by atoms with van der Waals surface area (Å²) in [6.07, 6.45) is 6.34. The van der Waals surface area contributed by atoms with Crippen molar-refractivity contribution in [3.63, 3.8) is 0 Å². The van der Waals surface area contributed by atoms with Gasteiger partial charge in [0.1, 0.15) is 0 Å². The van der Waals surface area contributed by atoms with E-state index >= 15 is 0 Å². The molecule has 0 unspecified atom stereocenters. The van der Waals surface area contributed by atoms with Gasteiger partial charge in [-0.25, -0.2) is 0 Å². The van der Waals surface area contributed by atoms with Crippen molar-refractivity contribution in [2.24, 2.45) is 0 Å². The van der Waals surface area contributed by atoms with Gasteiger partial charge in [-0.3, -0.25) is 0 Å². The van der Waals surface area contributed by atoms with E-state index in [2.05, 4.69) is 44.3 Å². The normalized spacial score (nSPS) is 13.4. The van der Waals surface area contributed by atoms with E-state index in [1.54, 1.807) is 0 Å². The topological polar surface area (TPSA) is 12.0 Å². The zero-order chi connectivity index (χ0) is 8.69. The standard InChI is InChI=1S/C10H19N/c1-5-7-10(6-2)8-11-9(3)4/h5-7,9,11H,8H2,1-4H3/b7-5-,10-6+. The molecule has 1 heteroatoms. The molecule has 1 N–H and O–H groups in total. The van der Waals surface area contributed by atoms with Gasteiger partial charge in [-0.2, -0.15) is 0 Å². The number of allylic oxidation sites excluding steroid dienone is 2. The molecule has 0 aliphatic rings. The predicted molar refractivity (Wildman–Crippen MR) is 51.7 cm³/mol. The van der Waals surface area contributed by atoms with Gasteiger partial charge in [0.15, 0.2) is 0 Å². The molecule has 0 bridgehead atoms. The minimum atomic E-state index is 0.565. The van der Waals surface area contributed by atoms with Crippen LogP contribution >= 0.6 is 0 Å². The summed E-state index contributed by atoms with van der Waals surface area (Å²) in [6.45, 7) is 9.39. The SMILES string of the molecule is C/C=C\C(=C/C)CNC(C)C. The van der Waals surface area contributed by atoms with Gasteiger partial charge in [0.2, 0.25) is 0 Å². The van der Waals surface area contributed by atoms with Crippen molar-refractivity contribution in [3.05, 3.63) is 23.8 Å². The minimum absolute atomic E-state index is 0.565. The quantitative estimate of drug-likeness (QED) is 0.612. The van der Waals surface area contributed by atoms with Crippen LogP contribution in [0.3, 0.4) is 0 Å². The fourth-order valence-electron chi connectivity index (χ4n) is 0.793. The van der Waals surface area contributed by atoms with E-state index in [1.807, 2.05) is 6.92 Å². The summed E-state index contributed by atoms with van der Waals surface area (Å²) < 4.78 is 0. The van der Waals surface area contributed by atoms with E-state index in [0.717, 1.165) is 6.54 Å². The first kappa shape index (κ1) is 10.4. The summed E-state index contributed by atoms with van der Waals surface area (Å²) in [5, 5.41) is 3.36. The van der Waals surface area contributed by atoms with Crippen LogP contribution in [0.25, 0.3) is 0 Å². The van der Waals surface area contributed by atoms with Crippen molar-refractivity contribution in [3.8, 4) is 0 Å². The summed E-state index contributed by atoms with van der Waals surface area (Å²) in [5.74, 6) is 0. The predicted octanol–water partition coefficient (Wildman–Crippen LogP) is 2.51. The van der Waals surface area contributed by atoms with Gasteiger partial charge in [0, 0.05) is 12.6 Å². The van der Waals surface area contributed by atoms with Gasteiger partial charge >= 0.3 is 0 Å². The van der Waals surface area contributed by atoms with Crippen LogP contribution in [0.15, 0.2) is 23.8 Å². The fraction of sp³-hybridized carbons (Fsp3) is 0.600. The molecule has 0 aromatic rings. The highest BCUT2D eigenvalue weighted by Crippen LogP contribution is 1.94. The maximum atomic E-state index is 3.36. The van der Waals surface area contributed by atoms with Crippen molar-refractivity contribution in [2.45, 2.75) is 33.7 Å². The Hall–Kier alpha value is -0.560. The second kappa shape index (κ2) is 6.17. The molecule has 0 amide bonds. The van der Waals surface area contributed by atoms with Gasteiger partial charge < -0.3 is 5.32 Å². The fourth-order valence-corrected chi connectivity index (χ4v) is 0.793. The summed E-state index contributed by atoms with van der Waals surface area (Å²) in [7, 11) is 0. The Balaban J connectivity index is 3.72. The average Bonchev–Trinajstić information content (AvgIpc) is 1.97. The first-order chi connectivity index (χ1) is 5.20. The van der Waals surface area contributed by atoms with Crippen LogP contribution in [-0.4, -0.2) is 12.6 Å². The third-order valence-corrected chi connectivity index (χ3v) is 1.47. The molecule has 0 saturated carbocycles. The summed E-state index contributed by atoms with van der Waals surface area (Å²) in [5.41, 5.74) is 1.35. The largest absolute Gasteiger partial charge is 0.310 e.